The van der Waals surface area contributed by atoms with Gasteiger partial charge in [-0.15, -0.1) is 0 Å². The second-order valence-corrected chi connectivity index (χ2v) is 5.49. The van der Waals surface area contributed by atoms with E-state index in [2.05, 4.69) is 5.32 Å². The lowest BCUT2D eigenvalue weighted by Gasteiger charge is -2.24. The van der Waals surface area contributed by atoms with Gasteiger partial charge in [0.05, 0.1) is 5.56 Å². The molecular formula is C14H19FN2O2S. The summed E-state index contributed by atoms with van der Waals surface area (Å²) in [6, 6.07) is 4.23. The number of ether oxygens (including phenoxy) is 1. The van der Waals surface area contributed by atoms with Gasteiger partial charge in [0, 0.05) is 5.54 Å². The third-order valence-electron chi connectivity index (χ3n) is 2.94. The summed E-state index contributed by atoms with van der Waals surface area (Å²) in [6.45, 7) is 5.57. The highest BCUT2D eigenvalue weighted by molar-refractivity contribution is 7.80. The molecule has 1 aromatic rings. The molecule has 0 atom stereocenters. The number of halogens is 1. The molecule has 0 bridgehead atoms. The fourth-order valence-corrected chi connectivity index (χ4v) is 1.71. The molecule has 110 valence electrons. The van der Waals surface area contributed by atoms with Gasteiger partial charge in [0.15, 0.2) is 6.61 Å². The Kier molecular flexibility index (Phi) is 5.44. The number of rotatable bonds is 6. The number of nitrogens with two attached hydrogens (primary N) is 1. The van der Waals surface area contributed by atoms with Gasteiger partial charge >= 0.3 is 0 Å². The molecular weight excluding hydrogens is 279 g/mol. The molecule has 0 aliphatic rings. The molecule has 4 nitrogen and oxygen atoms in total. The molecule has 1 amide bonds. The average molecular weight is 298 g/mol. The third-order valence-corrected chi connectivity index (χ3v) is 3.15. The number of nitrogens with one attached hydrogen (secondary N) is 1. The Balaban J connectivity index is 2.74. The Bertz CT molecular complexity index is 518. The van der Waals surface area contributed by atoms with Crippen molar-refractivity contribution in [2.24, 2.45) is 5.73 Å². The van der Waals surface area contributed by atoms with Gasteiger partial charge in [-0.05, 0) is 32.4 Å². The molecule has 6 heteroatoms. The zero-order valence-corrected chi connectivity index (χ0v) is 12.6. The van der Waals surface area contributed by atoms with Crippen molar-refractivity contribution in [1.82, 2.24) is 5.32 Å². The number of carbonyl (C=O) groups is 1. The Labute approximate surface area is 123 Å². The number of benzene rings is 1. The van der Waals surface area contributed by atoms with Crippen LogP contribution in [0.4, 0.5) is 4.39 Å². The zero-order chi connectivity index (χ0) is 15.3. The standard InChI is InChI=1S/C14H19FN2O2S/c1-4-14(2,3)17-11(18)8-19-10-7-5-6-9(15)12(10)13(16)20/h5-7H,4,8H2,1-3H3,(H2,16,20)(H,17,18). The number of thiocarbonyl (C=S) groups is 1. The number of carbonyl (C=O) groups excluding carboxylic acids is 1. The van der Waals surface area contributed by atoms with Gasteiger partial charge in [0.1, 0.15) is 16.6 Å². The predicted molar refractivity (Wildman–Crippen MR) is 80.3 cm³/mol. The maximum Gasteiger partial charge on any atom is 0.258 e. The van der Waals surface area contributed by atoms with Gasteiger partial charge in [-0.2, -0.15) is 0 Å². The van der Waals surface area contributed by atoms with Gasteiger partial charge in [0.2, 0.25) is 0 Å². The van der Waals surface area contributed by atoms with Crippen LogP contribution < -0.4 is 15.8 Å². The summed E-state index contributed by atoms with van der Waals surface area (Å²) in [7, 11) is 0. The molecule has 1 rings (SSSR count). The zero-order valence-electron chi connectivity index (χ0n) is 11.8. The number of hydrogen-bond acceptors (Lipinski definition) is 3. The van der Waals surface area contributed by atoms with E-state index >= 15 is 0 Å². The average Bonchev–Trinajstić information content (AvgIpc) is 2.35. The summed E-state index contributed by atoms with van der Waals surface area (Å²) in [5.41, 5.74) is 5.16. The highest BCUT2D eigenvalue weighted by Gasteiger charge is 2.19. The van der Waals surface area contributed by atoms with Gasteiger partial charge in [-0.3, -0.25) is 4.79 Å². The Morgan fingerprint density at radius 3 is 2.70 bits per heavy atom. The number of hydrogen-bond donors (Lipinski definition) is 2. The molecule has 0 saturated carbocycles. The van der Waals surface area contributed by atoms with Crippen molar-refractivity contribution in [1.29, 1.82) is 0 Å². The minimum atomic E-state index is -0.565. The van der Waals surface area contributed by atoms with Crippen LogP contribution in [0.2, 0.25) is 0 Å². The molecule has 0 aliphatic carbocycles. The fraction of sp³-hybridized carbons (Fsp3) is 0.429. The summed E-state index contributed by atoms with van der Waals surface area (Å²) in [6.07, 6.45) is 0.789. The summed E-state index contributed by atoms with van der Waals surface area (Å²) >= 11 is 4.78. The van der Waals surface area contributed by atoms with E-state index in [0.717, 1.165) is 6.42 Å². The molecule has 0 radical (unpaired) electrons. The molecule has 0 spiro atoms. The lowest BCUT2D eigenvalue weighted by molar-refractivity contribution is -0.124. The summed E-state index contributed by atoms with van der Waals surface area (Å²) in [4.78, 5) is 11.7. The molecule has 0 aliphatic heterocycles. The second-order valence-electron chi connectivity index (χ2n) is 5.05. The van der Waals surface area contributed by atoms with Crippen LogP contribution >= 0.6 is 12.2 Å². The Morgan fingerprint density at radius 1 is 1.50 bits per heavy atom. The molecule has 0 saturated heterocycles. The van der Waals surface area contributed by atoms with E-state index in [1.165, 1.54) is 18.2 Å². The third kappa shape index (κ3) is 4.45. The molecule has 0 aromatic heterocycles. The lowest BCUT2D eigenvalue weighted by atomic mass is 10.0. The smallest absolute Gasteiger partial charge is 0.258 e. The largest absolute Gasteiger partial charge is 0.483 e. The highest BCUT2D eigenvalue weighted by atomic mass is 32.1. The van der Waals surface area contributed by atoms with E-state index in [4.69, 9.17) is 22.7 Å². The Morgan fingerprint density at radius 2 is 2.15 bits per heavy atom. The van der Waals surface area contributed by atoms with Crippen molar-refractivity contribution in [3.63, 3.8) is 0 Å². The monoisotopic (exact) mass is 298 g/mol. The van der Waals surface area contributed by atoms with Crippen molar-refractivity contribution in [3.8, 4) is 5.75 Å². The van der Waals surface area contributed by atoms with Crippen molar-refractivity contribution >= 4 is 23.1 Å². The fourth-order valence-electron chi connectivity index (χ4n) is 1.51. The van der Waals surface area contributed by atoms with Crippen LogP contribution in [0.3, 0.4) is 0 Å². The summed E-state index contributed by atoms with van der Waals surface area (Å²) in [5, 5.41) is 2.82. The molecule has 20 heavy (non-hydrogen) atoms. The normalized spacial score (nSPS) is 11.0. The SMILES string of the molecule is CCC(C)(C)NC(=O)COc1cccc(F)c1C(N)=S. The van der Waals surface area contributed by atoms with E-state index in [1.54, 1.807) is 0 Å². The lowest BCUT2D eigenvalue weighted by Crippen LogP contribution is -2.45. The van der Waals surface area contributed by atoms with Crippen LogP contribution in [0.5, 0.6) is 5.75 Å². The molecule has 3 N–H and O–H groups in total. The second kappa shape index (κ2) is 6.65. The van der Waals surface area contributed by atoms with Crippen molar-refractivity contribution in [2.45, 2.75) is 32.7 Å². The first-order valence-electron chi connectivity index (χ1n) is 6.29. The quantitative estimate of drug-likeness (QED) is 0.790. The van der Waals surface area contributed by atoms with E-state index < -0.39 is 5.82 Å². The van der Waals surface area contributed by atoms with Gasteiger partial charge < -0.3 is 15.8 Å². The minimum absolute atomic E-state index is 0.0186. The van der Waals surface area contributed by atoms with Crippen LogP contribution in [0.25, 0.3) is 0 Å². The van der Waals surface area contributed by atoms with E-state index in [1.807, 2.05) is 20.8 Å². The predicted octanol–water partition coefficient (Wildman–Crippen LogP) is 2.14. The van der Waals surface area contributed by atoms with Crippen LogP contribution in [0, 0.1) is 5.82 Å². The Hall–Kier alpha value is -1.69. The van der Waals surface area contributed by atoms with Crippen LogP contribution in [0.15, 0.2) is 18.2 Å². The van der Waals surface area contributed by atoms with Crippen molar-refractivity contribution in [2.75, 3.05) is 6.61 Å². The first-order chi connectivity index (χ1) is 9.26. The van der Waals surface area contributed by atoms with E-state index in [9.17, 15) is 9.18 Å². The first-order valence-corrected chi connectivity index (χ1v) is 6.70. The number of amides is 1. The summed E-state index contributed by atoms with van der Waals surface area (Å²) < 4.78 is 18.9. The minimum Gasteiger partial charge on any atom is -0.483 e. The maximum absolute atomic E-state index is 13.6. The maximum atomic E-state index is 13.6. The highest BCUT2D eigenvalue weighted by Crippen LogP contribution is 2.21. The van der Waals surface area contributed by atoms with Crippen LogP contribution in [-0.2, 0) is 4.79 Å². The van der Waals surface area contributed by atoms with Crippen LogP contribution in [-0.4, -0.2) is 23.0 Å². The topological polar surface area (TPSA) is 64.3 Å². The molecule has 1 aromatic carbocycles. The van der Waals surface area contributed by atoms with Gasteiger partial charge in [-0.25, -0.2) is 4.39 Å². The van der Waals surface area contributed by atoms with Gasteiger partial charge in [0.25, 0.3) is 5.91 Å². The van der Waals surface area contributed by atoms with E-state index in [0.29, 0.717) is 0 Å². The van der Waals surface area contributed by atoms with Crippen molar-refractivity contribution in [3.05, 3.63) is 29.6 Å². The summed E-state index contributed by atoms with van der Waals surface area (Å²) in [5.74, 6) is -0.679. The van der Waals surface area contributed by atoms with Crippen LogP contribution in [0.1, 0.15) is 32.8 Å². The first kappa shape index (κ1) is 16.4. The molecule has 0 heterocycles. The van der Waals surface area contributed by atoms with E-state index in [-0.39, 0.29) is 34.4 Å². The molecule has 0 unspecified atom stereocenters. The molecule has 0 fully saturated rings. The van der Waals surface area contributed by atoms with Gasteiger partial charge in [-0.1, -0.05) is 25.2 Å². The van der Waals surface area contributed by atoms with Crippen molar-refractivity contribution < 1.29 is 13.9 Å².